The van der Waals surface area contributed by atoms with Gasteiger partial charge in [0.1, 0.15) is 12.2 Å². The van der Waals surface area contributed by atoms with E-state index in [1.807, 2.05) is 67.6 Å². The van der Waals surface area contributed by atoms with Crippen molar-refractivity contribution in [3.8, 4) is 0 Å². The third kappa shape index (κ3) is 9.85. The van der Waals surface area contributed by atoms with Gasteiger partial charge in [0.2, 0.25) is 0 Å². The standard InChI is InChI=1S/C30H35NO7S/c1-22-15-17-25(18-16-22)39(34,35)37-21-27(31-29(33)38-30(2,3)4)26(19-23-11-7-5-8-12-23)28(32)36-20-24-13-9-6-10-14-24/h5-18,26-27H,19-21H2,1-4H3,(H,31,33)/t26-,27+/m0/s1. The van der Waals surface area contributed by atoms with Gasteiger partial charge in [-0.3, -0.25) is 8.98 Å². The molecule has 0 aliphatic heterocycles. The third-order valence-electron chi connectivity index (χ3n) is 5.73. The molecular weight excluding hydrogens is 518 g/mol. The molecule has 0 bridgehead atoms. The fourth-order valence-electron chi connectivity index (χ4n) is 3.75. The molecule has 9 heteroatoms. The highest BCUT2D eigenvalue weighted by Gasteiger charge is 2.34. The van der Waals surface area contributed by atoms with E-state index in [9.17, 15) is 18.0 Å². The summed E-state index contributed by atoms with van der Waals surface area (Å²) in [6.07, 6.45) is -0.638. The maximum Gasteiger partial charge on any atom is 0.407 e. The van der Waals surface area contributed by atoms with E-state index in [4.69, 9.17) is 13.7 Å². The van der Waals surface area contributed by atoms with Gasteiger partial charge in [-0.05, 0) is 57.4 Å². The van der Waals surface area contributed by atoms with E-state index >= 15 is 0 Å². The zero-order chi connectivity index (χ0) is 28.5. The van der Waals surface area contributed by atoms with Crippen molar-refractivity contribution in [1.82, 2.24) is 5.32 Å². The Morgan fingerprint density at radius 3 is 1.97 bits per heavy atom. The van der Waals surface area contributed by atoms with Gasteiger partial charge in [-0.2, -0.15) is 8.42 Å². The number of nitrogens with one attached hydrogen (secondary N) is 1. The van der Waals surface area contributed by atoms with E-state index in [2.05, 4.69) is 5.32 Å². The molecule has 1 N–H and O–H groups in total. The number of esters is 1. The maximum absolute atomic E-state index is 13.4. The van der Waals surface area contributed by atoms with Crippen LogP contribution >= 0.6 is 0 Å². The number of carbonyl (C=O) groups is 2. The first-order valence-electron chi connectivity index (χ1n) is 12.6. The van der Waals surface area contributed by atoms with Crippen LogP contribution in [-0.2, 0) is 41.6 Å². The molecule has 208 valence electrons. The summed E-state index contributed by atoms with van der Waals surface area (Å²) in [5.74, 6) is -1.59. The molecule has 0 spiro atoms. The van der Waals surface area contributed by atoms with Crippen LogP contribution in [0.25, 0.3) is 0 Å². The quantitative estimate of drug-likeness (QED) is 0.257. The summed E-state index contributed by atoms with van der Waals surface area (Å²) >= 11 is 0. The van der Waals surface area contributed by atoms with Crippen molar-refractivity contribution in [3.63, 3.8) is 0 Å². The molecule has 0 aliphatic carbocycles. The highest BCUT2D eigenvalue weighted by atomic mass is 32.2. The molecular formula is C30H35NO7S. The SMILES string of the molecule is Cc1ccc(S(=O)(=O)OC[C@@H](NC(=O)OC(C)(C)C)[C@H](Cc2ccccc2)C(=O)OCc2ccccc2)cc1. The highest BCUT2D eigenvalue weighted by Crippen LogP contribution is 2.20. The Balaban J connectivity index is 1.88. The summed E-state index contributed by atoms with van der Waals surface area (Å²) in [5, 5.41) is 2.65. The van der Waals surface area contributed by atoms with Crippen molar-refractivity contribution in [2.24, 2.45) is 5.92 Å². The number of carbonyl (C=O) groups excluding carboxylic acids is 2. The molecule has 2 atom stereocenters. The van der Waals surface area contributed by atoms with Gasteiger partial charge >= 0.3 is 12.1 Å². The molecule has 8 nitrogen and oxygen atoms in total. The topological polar surface area (TPSA) is 108 Å². The Morgan fingerprint density at radius 2 is 1.41 bits per heavy atom. The van der Waals surface area contributed by atoms with Crippen LogP contribution < -0.4 is 5.32 Å². The Kier molecular flexibility index (Phi) is 10.3. The van der Waals surface area contributed by atoms with Crippen molar-refractivity contribution in [2.45, 2.75) is 57.3 Å². The molecule has 39 heavy (non-hydrogen) atoms. The smallest absolute Gasteiger partial charge is 0.407 e. The molecule has 0 aliphatic rings. The van der Waals surface area contributed by atoms with Crippen molar-refractivity contribution >= 4 is 22.2 Å². The van der Waals surface area contributed by atoms with E-state index in [0.29, 0.717) is 0 Å². The molecule has 3 aromatic rings. The normalized spacial score (nSPS) is 13.2. The fourth-order valence-corrected chi connectivity index (χ4v) is 4.68. The summed E-state index contributed by atoms with van der Waals surface area (Å²) in [4.78, 5) is 26.2. The lowest BCUT2D eigenvalue weighted by Gasteiger charge is -2.28. The average molecular weight is 554 g/mol. The maximum atomic E-state index is 13.4. The Labute approximate surface area is 230 Å². The van der Waals surface area contributed by atoms with Crippen LogP contribution in [0.15, 0.2) is 89.8 Å². The van der Waals surface area contributed by atoms with Gasteiger partial charge in [-0.15, -0.1) is 0 Å². The van der Waals surface area contributed by atoms with Crippen molar-refractivity contribution < 1.29 is 31.7 Å². The first-order valence-corrected chi connectivity index (χ1v) is 14.0. The number of ether oxygens (including phenoxy) is 2. The Hall–Kier alpha value is -3.69. The van der Waals surface area contributed by atoms with Crippen molar-refractivity contribution in [1.29, 1.82) is 0 Å². The van der Waals surface area contributed by atoms with Gasteiger partial charge in [0.25, 0.3) is 10.1 Å². The van der Waals surface area contributed by atoms with Gasteiger partial charge in [-0.25, -0.2) is 4.79 Å². The van der Waals surface area contributed by atoms with Crippen molar-refractivity contribution in [3.05, 3.63) is 102 Å². The predicted octanol–water partition coefficient (Wildman–Crippen LogP) is 5.20. The van der Waals surface area contributed by atoms with E-state index in [0.717, 1.165) is 16.7 Å². The van der Waals surface area contributed by atoms with Crippen LogP contribution in [0.4, 0.5) is 4.79 Å². The lowest BCUT2D eigenvalue weighted by Crippen LogP contribution is -2.49. The molecule has 3 rings (SSSR count). The van der Waals surface area contributed by atoms with Gasteiger partial charge in [0, 0.05) is 0 Å². The van der Waals surface area contributed by atoms with Crippen LogP contribution in [0, 0.1) is 12.8 Å². The zero-order valence-electron chi connectivity index (χ0n) is 22.6. The number of hydrogen-bond donors (Lipinski definition) is 1. The lowest BCUT2D eigenvalue weighted by atomic mass is 9.92. The van der Waals surface area contributed by atoms with E-state index in [-0.39, 0.29) is 17.9 Å². The average Bonchev–Trinajstić information content (AvgIpc) is 2.89. The van der Waals surface area contributed by atoms with Gasteiger partial charge in [0.05, 0.1) is 23.5 Å². The summed E-state index contributed by atoms with van der Waals surface area (Å²) in [5.41, 5.74) is 1.67. The minimum atomic E-state index is -4.17. The Bertz CT molecular complexity index is 1320. The molecule has 0 saturated carbocycles. The van der Waals surface area contributed by atoms with Crippen LogP contribution in [-0.4, -0.2) is 38.7 Å². The minimum absolute atomic E-state index is 0.0205. The molecule has 0 heterocycles. The van der Waals surface area contributed by atoms with Gasteiger partial charge < -0.3 is 14.8 Å². The minimum Gasteiger partial charge on any atom is -0.461 e. The summed E-state index contributed by atoms with van der Waals surface area (Å²) in [7, 11) is -4.17. The largest absolute Gasteiger partial charge is 0.461 e. The van der Waals surface area contributed by atoms with E-state index in [1.165, 1.54) is 12.1 Å². The van der Waals surface area contributed by atoms with Crippen LogP contribution in [0.1, 0.15) is 37.5 Å². The summed E-state index contributed by atoms with van der Waals surface area (Å²) < 4.78 is 42.3. The summed E-state index contributed by atoms with van der Waals surface area (Å²) in [6, 6.07) is 23.5. The molecule has 0 aromatic heterocycles. The zero-order valence-corrected chi connectivity index (χ0v) is 23.4. The van der Waals surface area contributed by atoms with Crippen LogP contribution in [0.3, 0.4) is 0 Å². The first-order chi connectivity index (χ1) is 18.4. The monoisotopic (exact) mass is 553 g/mol. The molecule has 0 unspecified atom stereocenters. The second-order valence-corrected chi connectivity index (χ2v) is 11.8. The number of amides is 1. The van der Waals surface area contributed by atoms with E-state index in [1.54, 1.807) is 32.9 Å². The first kappa shape index (κ1) is 29.9. The number of hydrogen-bond acceptors (Lipinski definition) is 7. The van der Waals surface area contributed by atoms with Crippen LogP contribution in [0.5, 0.6) is 0 Å². The third-order valence-corrected chi connectivity index (χ3v) is 7.02. The molecule has 0 fully saturated rings. The highest BCUT2D eigenvalue weighted by molar-refractivity contribution is 7.86. The van der Waals surface area contributed by atoms with Crippen LogP contribution in [0.2, 0.25) is 0 Å². The van der Waals surface area contributed by atoms with E-state index < -0.39 is 46.3 Å². The molecule has 1 amide bonds. The predicted molar refractivity (Wildman–Crippen MR) is 147 cm³/mol. The second kappa shape index (κ2) is 13.4. The fraction of sp³-hybridized carbons (Fsp3) is 0.333. The lowest BCUT2D eigenvalue weighted by molar-refractivity contribution is -0.151. The van der Waals surface area contributed by atoms with Crippen molar-refractivity contribution in [2.75, 3.05) is 6.61 Å². The van der Waals surface area contributed by atoms with Gasteiger partial charge in [-0.1, -0.05) is 78.4 Å². The van der Waals surface area contributed by atoms with Gasteiger partial charge in [0.15, 0.2) is 0 Å². The molecule has 0 radical (unpaired) electrons. The number of alkyl carbamates (subject to hydrolysis) is 1. The number of rotatable bonds is 11. The molecule has 0 saturated heterocycles. The number of aryl methyl sites for hydroxylation is 1. The number of benzene rings is 3. The summed E-state index contributed by atoms with van der Waals surface area (Å²) in [6.45, 7) is 6.47. The Morgan fingerprint density at radius 1 is 0.846 bits per heavy atom. The second-order valence-electron chi connectivity index (χ2n) is 10.2. The molecule has 3 aromatic carbocycles.